The van der Waals surface area contributed by atoms with Gasteiger partial charge in [-0.1, -0.05) is 44.2 Å². The monoisotopic (exact) mass is 280 g/mol. The van der Waals surface area contributed by atoms with E-state index in [0.29, 0.717) is 11.8 Å². The minimum Gasteiger partial charge on any atom is -0.385 e. The van der Waals surface area contributed by atoms with E-state index in [0.717, 1.165) is 19.5 Å². The third-order valence-electron chi connectivity index (χ3n) is 4.61. The number of rotatable bonds is 5. The Morgan fingerprint density at radius 3 is 2.57 bits per heavy atom. The van der Waals surface area contributed by atoms with E-state index in [1.807, 2.05) is 0 Å². The summed E-state index contributed by atoms with van der Waals surface area (Å²) in [6.07, 6.45) is 1.05. The van der Waals surface area contributed by atoms with Crippen molar-refractivity contribution in [1.29, 1.82) is 0 Å². The molecule has 0 bridgehead atoms. The van der Waals surface area contributed by atoms with Crippen LogP contribution in [0.15, 0.2) is 42.5 Å². The Balaban J connectivity index is 1.75. The van der Waals surface area contributed by atoms with Crippen molar-refractivity contribution in [1.82, 2.24) is 0 Å². The number of fused-ring (bicyclic) bond motifs is 3. The molecular formula is C19H24N2. The van der Waals surface area contributed by atoms with Crippen LogP contribution < -0.4 is 11.1 Å². The molecule has 0 saturated heterocycles. The molecule has 2 aromatic rings. The van der Waals surface area contributed by atoms with Gasteiger partial charge in [-0.25, -0.2) is 0 Å². The van der Waals surface area contributed by atoms with E-state index in [2.05, 4.69) is 61.6 Å². The van der Waals surface area contributed by atoms with Gasteiger partial charge >= 0.3 is 0 Å². The van der Waals surface area contributed by atoms with Gasteiger partial charge in [0, 0.05) is 12.2 Å². The highest BCUT2D eigenvalue weighted by Gasteiger charge is 2.18. The molecule has 3 rings (SSSR count). The first-order valence-corrected chi connectivity index (χ1v) is 7.84. The van der Waals surface area contributed by atoms with E-state index in [1.54, 1.807) is 0 Å². The lowest BCUT2D eigenvalue weighted by molar-refractivity contribution is 0.413. The zero-order valence-corrected chi connectivity index (χ0v) is 12.9. The number of nitrogens with one attached hydrogen (secondary N) is 1. The highest BCUT2D eigenvalue weighted by Crippen LogP contribution is 2.37. The van der Waals surface area contributed by atoms with Crippen molar-refractivity contribution in [3.05, 3.63) is 53.6 Å². The molecule has 0 amide bonds. The van der Waals surface area contributed by atoms with Gasteiger partial charge in [-0.2, -0.15) is 0 Å². The molecule has 3 N–H and O–H groups in total. The summed E-state index contributed by atoms with van der Waals surface area (Å²) in [6, 6.07) is 15.4. The standard InChI is InChI=1S/C19H24N2/c1-13(2)16(11-20)12-21-17-7-8-19-15(10-17)9-14-5-3-4-6-18(14)19/h3-8,10,13,16,21H,9,11-12,20H2,1-2H3. The fourth-order valence-electron chi connectivity index (χ4n) is 3.10. The van der Waals surface area contributed by atoms with Gasteiger partial charge in [0.25, 0.3) is 0 Å². The zero-order valence-electron chi connectivity index (χ0n) is 12.9. The molecule has 0 aromatic heterocycles. The number of benzene rings is 2. The van der Waals surface area contributed by atoms with Gasteiger partial charge in [-0.3, -0.25) is 0 Å². The highest BCUT2D eigenvalue weighted by atomic mass is 14.9. The predicted molar refractivity (Wildman–Crippen MR) is 90.6 cm³/mol. The molecule has 0 spiro atoms. The van der Waals surface area contributed by atoms with Crippen molar-refractivity contribution in [2.24, 2.45) is 17.6 Å². The largest absolute Gasteiger partial charge is 0.385 e. The Bertz CT molecular complexity index is 631. The van der Waals surface area contributed by atoms with Crippen LogP contribution in [0.3, 0.4) is 0 Å². The van der Waals surface area contributed by atoms with Crippen molar-refractivity contribution in [3.63, 3.8) is 0 Å². The molecule has 1 aliphatic carbocycles. The number of hydrogen-bond donors (Lipinski definition) is 2. The normalized spacial score (nSPS) is 13.9. The predicted octanol–water partition coefficient (Wildman–Crippen LogP) is 3.90. The third kappa shape index (κ3) is 2.81. The van der Waals surface area contributed by atoms with Crippen molar-refractivity contribution in [3.8, 4) is 11.1 Å². The first-order valence-electron chi connectivity index (χ1n) is 7.84. The Hall–Kier alpha value is -1.80. The molecule has 1 unspecified atom stereocenters. The summed E-state index contributed by atoms with van der Waals surface area (Å²) < 4.78 is 0. The van der Waals surface area contributed by atoms with Gasteiger partial charge in [0.1, 0.15) is 0 Å². The van der Waals surface area contributed by atoms with E-state index < -0.39 is 0 Å². The summed E-state index contributed by atoms with van der Waals surface area (Å²) in [6.45, 7) is 6.15. The van der Waals surface area contributed by atoms with E-state index in [-0.39, 0.29) is 0 Å². The van der Waals surface area contributed by atoms with Gasteiger partial charge in [-0.15, -0.1) is 0 Å². The Kier molecular flexibility index (Phi) is 3.98. The van der Waals surface area contributed by atoms with Gasteiger partial charge in [0.15, 0.2) is 0 Å². The summed E-state index contributed by atoms with van der Waals surface area (Å²) in [4.78, 5) is 0. The summed E-state index contributed by atoms with van der Waals surface area (Å²) in [5.41, 5.74) is 12.7. The molecule has 0 radical (unpaired) electrons. The van der Waals surface area contributed by atoms with Crippen molar-refractivity contribution in [2.45, 2.75) is 20.3 Å². The second-order valence-electron chi connectivity index (χ2n) is 6.33. The molecule has 2 aromatic carbocycles. The average molecular weight is 280 g/mol. The smallest absolute Gasteiger partial charge is 0.0343 e. The van der Waals surface area contributed by atoms with Crippen LogP contribution in [0, 0.1) is 11.8 Å². The fraction of sp³-hybridized carbons (Fsp3) is 0.368. The minimum atomic E-state index is 0.524. The van der Waals surface area contributed by atoms with Crippen LogP contribution in [0.1, 0.15) is 25.0 Å². The maximum Gasteiger partial charge on any atom is 0.0343 e. The maximum absolute atomic E-state index is 5.85. The zero-order chi connectivity index (χ0) is 14.8. The Morgan fingerprint density at radius 2 is 1.81 bits per heavy atom. The van der Waals surface area contributed by atoms with Gasteiger partial charge in [-0.05, 0) is 59.2 Å². The van der Waals surface area contributed by atoms with Gasteiger partial charge in [0.2, 0.25) is 0 Å². The van der Waals surface area contributed by atoms with Gasteiger partial charge in [0.05, 0.1) is 0 Å². The molecule has 2 nitrogen and oxygen atoms in total. The quantitative estimate of drug-likeness (QED) is 0.744. The van der Waals surface area contributed by atoms with Crippen LogP contribution in [0.5, 0.6) is 0 Å². The molecule has 0 heterocycles. The molecule has 0 fully saturated rings. The average Bonchev–Trinajstić information content (AvgIpc) is 2.85. The Labute approximate surface area is 127 Å². The molecule has 21 heavy (non-hydrogen) atoms. The van der Waals surface area contributed by atoms with Crippen LogP contribution >= 0.6 is 0 Å². The van der Waals surface area contributed by atoms with Crippen LogP contribution in [0.25, 0.3) is 11.1 Å². The van der Waals surface area contributed by atoms with E-state index in [4.69, 9.17) is 5.73 Å². The lowest BCUT2D eigenvalue weighted by Gasteiger charge is -2.20. The van der Waals surface area contributed by atoms with Gasteiger partial charge < -0.3 is 11.1 Å². The lowest BCUT2D eigenvalue weighted by Crippen LogP contribution is -2.27. The molecule has 2 heteroatoms. The van der Waals surface area contributed by atoms with E-state index in [9.17, 15) is 0 Å². The molecular weight excluding hydrogens is 256 g/mol. The summed E-state index contributed by atoms with van der Waals surface area (Å²) in [5.74, 6) is 1.14. The second-order valence-corrected chi connectivity index (χ2v) is 6.33. The van der Waals surface area contributed by atoms with Crippen molar-refractivity contribution < 1.29 is 0 Å². The first-order chi connectivity index (χ1) is 10.2. The molecule has 1 aliphatic rings. The Morgan fingerprint density at radius 1 is 1.05 bits per heavy atom. The topological polar surface area (TPSA) is 38.0 Å². The molecule has 1 atom stereocenters. The van der Waals surface area contributed by atoms with E-state index in [1.165, 1.54) is 27.9 Å². The number of nitrogens with two attached hydrogens (primary N) is 1. The summed E-state index contributed by atoms with van der Waals surface area (Å²) in [5, 5.41) is 3.55. The summed E-state index contributed by atoms with van der Waals surface area (Å²) in [7, 11) is 0. The van der Waals surface area contributed by atoms with Crippen LogP contribution in [0.2, 0.25) is 0 Å². The molecule has 110 valence electrons. The van der Waals surface area contributed by atoms with Crippen molar-refractivity contribution in [2.75, 3.05) is 18.4 Å². The third-order valence-corrected chi connectivity index (χ3v) is 4.61. The molecule has 0 saturated carbocycles. The highest BCUT2D eigenvalue weighted by molar-refractivity contribution is 5.78. The fourth-order valence-corrected chi connectivity index (χ4v) is 3.10. The second kappa shape index (κ2) is 5.90. The summed E-state index contributed by atoms with van der Waals surface area (Å²) >= 11 is 0. The SMILES string of the molecule is CC(C)C(CN)CNc1ccc2c(c1)Cc1ccccc1-2. The van der Waals surface area contributed by atoms with Crippen LogP contribution in [-0.4, -0.2) is 13.1 Å². The first kappa shape index (κ1) is 14.2. The van der Waals surface area contributed by atoms with Crippen LogP contribution in [-0.2, 0) is 6.42 Å². The van der Waals surface area contributed by atoms with Crippen molar-refractivity contribution >= 4 is 5.69 Å². The number of anilines is 1. The van der Waals surface area contributed by atoms with Crippen LogP contribution in [0.4, 0.5) is 5.69 Å². The number of hydrogen-bond acceptors (Lipinski definition) is 2. The maximum atomic E-state index is 5.85. The molecule has 0 aliphatic heterocycles. The lowest BCUT2D eigenvalue weighted by atomic mass is 9.96. The minimum absolute atomic E-state index is 0.524. The van der Waals surface area contributed by atoms with E-state index >= 15 is 0 Å².